The van der Waals surface area contributed by atoms with Crippen molar-refractivity contribution < 1.29 is 13.5 Å². The van der Waals surface area contributed by atoms with E-state index in [1.165, 1.54) is 25.3 Å². The molecule has 4 heteroatoms. The maximum Gasteiger partial charge on any atom is 0.126 e. The van der Waals surface area contributed by atoms with Gasteiger partial charge in [0.25, 0.3) is 0 Å². The van der Waals surface area contributed by atoms with Gasteiger partial charge >= 0.3 is 0 Å². The smallest absolute Gasteiger partial charge is 0.126 e. The van der Waals surface area contributed by atoms with Crippen LogP contribution in [0, 0.1) is 23.0 Å². The van der Waals surface area contributed by atoms with Crippen LogP contribution >= 0.6 is 0 Å². The molecule has 0 aliphatic rings. The Hall–Kier alpha value is -2.41. The molecule has 2 rings (SSSR count). The number of nitriles is 1. The van der Waals surface area contributed by atoms with Crippen molar-refractivity contribution in [1.29, 1.82) is 5.26 Å². The summed E-state index contributed by atoms with van der Waals surface area (Å²) in [5.41, 5.74) is 1.21. The van der Waals surface area contributed by atoms with Gasteiger partial charge in [0, 0.05) is 11.6 Å². The Morgan fingerprint density at radius 2 is 1.72 bits per heavy atom. The molecule has 0 aliphatic heterocycles. The second-order valence-electron chi connectivity index (χ2n) is 3.68. The predicted octanol–water partition coefficient (Wildman–Crippen LogP) is 3.51. The minimum Gasteiger partial charge on any atom is -0.496 e. The van der Waals surface area contributed by atoms with Gasteiger partial charge in [-0.1, -0.05) is 0 Å². The highest BCUT2D eigenvalue weighted by molar-refractivity contribution is 5.72. The monoisotopic (exact) mass is 245 g/mol. The topological polar surface area (TPSA) is 33.0 Å². The number of nitrogens with zero attached hydrogens (tertiary/aromatic N) is 1. The molecule has 90 valence electrons. The fraction of sp³-hybridized carbons (Fsp3) is 0.0714. The van der Waals surface area contributed by atoms with Crippen molar-refractivity contribution in [2.24, 2.45) is 0 Å². The lowest BCUT2D eigenvalue weighted by atomic mass is 10.0. The SMILES string of the molecule is COc1ccc(C#N)cc1-c1cc(F)cc(F)c1. The summed E-state index contributed by atoms with van der Waals surface area (Å²) in [6, 6.07) is 9.87. The van der Waals surface area contributed by atoms with Crippen molar-refractivity contribution in [3.63, 3.8) is 0 Å². The third-order valence-corrected chi connectivity index (χ3v) is 2.50. The molecule has 2 aromatic carbocycles. The van der Waals surface area contributed by atoms with E-state index in [1.54, 1.807) is 12.1 Å². The van der Waals surface area contributed by atoms with Crippen molar-refractivity contribution in [2.45, 2.75) is 0 Å². The average molecular weight is 245 g/mol. The highest BCUT2D eigenvalue weighted by atomic mass is 19.1. The van der Waals surface area contributed by atoms with Gasteiger partial charge in [-0.25, -0.2) is 8.78 Å². The Balaban J connectivity index is 2.65. The van der Waals surface area contributed by atoms with E-state index in [4.69, 9.17) is 10.00 Å². The number of benzene rings is 2. The molecular formula is C14H9F2NO. The summed E-state index contributed by atoms with van der Waals surface area (Å²) in [5.74, 6) is -0.886. The Morgan fingerprint density at radius 1 is 1.06 bits per heavy atom. The van der Waals surface area contributed by atoms with Gasteiger partial charge in [0.05, 0.1) is 18.7 Å². The van der Waals surface area contributed by atoms with Gasteiger partial charge in [-0.15, -0.1) is 0 Å². The van der Waals surface area contributed by atoms with Crippen molar-refractivity contribution in [1.82, 2.24) is 0 Å². The van der Waals surface area contributed by atoms with E-state index in [2.05, 4.69) is 0 Å². The van der Waals surface area contributed by atoms with Gasteiger partial charge in [0.2, 0.25) is 0 Å². The first kappa shape index (κ1) is 12.1. The zero-order valence-electron chi connectivity index (χ0n) is 9.58. The quantitative estimate of drug-likeness (QED) is 0.811. The molecule has 0 heterocycles. The van der Waals surface area contributed by atoms with Gasteiger partial charge in [-0.2, -0.15) is 5.26 Å². The molecule has 0 saturated carbocycles. The zero-order chi connectivity index (χ0) is 13.1. The van der Waals surface area contributed by atoms with Crippen LogP contribution in [0.2, 0.25) is 0 Å². The molecule has 0 atom stereocenters. The van der Waals surface area contributed by atoms with Gasteiger partial charge in [-0.05, 0) is 35.9 Å². The van der Waals surface area contributed by atoms with Crippen molar-refractivity contribution in [3.05, 3.63) is 53.6 Å². The Morgan fingerprint density at radius 3 is 2.28 bits per heavy atom. The molecule has 0 unspecified atom stereocenters. The largest absolute Gasteiger partial charge is 0.496 e. The number of hydrogen-bond donors (Lipinski definition) is 0. The van der Waals surface area contributed by atoms with Crippen molar-refractivity contribution in [2.75, 3.05) is 7.11 Å². The van der Waals surface area contributed by atoms with Gasteiger partial charge in [0.15, 0.2) is 0 Å². The lowest BCUT2D eigenvalue weighted by Crippen LogP contribution is -1.91. The third kappa shape index (κ3) is 2.30. The molecule has 0 bridgehead atoms. The predicted molar refractivity (Wildman–Crippen MR) is 63.1 cm³/mol. The van der Waals surface area contributed by atoms with Crippen LogP contribution in [0.3, 0.4) is 0 Å². The van der Waals surface area contributed by atoms with Gasteiger partial charge in [0.1, 0.15) is 17.4 Å². The molecule has 0 radical (unpaired) electrons. The maximum absolute atomic E-state index is 13.2. The number of ether oxygens (including phenoxy) is 1. The lowest BCUT2D eigenvalue weighted by molar-refractivity contribution is 0.416. The van der Waals surface area contributed by atoms with Crippen LogP contribution in [0.25, 0.3) is 11.1 Å². The molecule has 0 saturated heterocycles. The summed E-state index contributed by atoms with van der Waals surface area (Å²) in [7, 11) is 1.46. The van der Waals surface area contributed by atoms with Gasteiger partial charge < -0.3 is 4.74 Å². The first-order valence-corrected chi connectivity index (χ1v) is 5.18. The minimum atomic E-state index is -0.672. The zero-order valence-corrected chi connectivity index (χ0v) is 9.58. The average Bonchev–Trinajstić information content (AvgIpc) is 2.36. The van der Waals surface area contributed by atoms with E-state index < -0.39 is 11.6 Å². The standard InChI is InChI=1S/C14H9F2NO/c1-18-14-3-2-9(8-17)4-13(14)10-5-11(15)7-12(16)6-10/h2-7H,1H3. The number of hydrogen-bond acceptors (Lipinski definition) is 2. The molecule has 0 aromatic heterocycles. The normalized spacial score (nSPS) is 9.89. The van der Waals surface area contributed by atoms with Crippen LogP contribution < -0.4 is 4.74 Å². The van der Waals surface area contributed by atoms with Crippen LogP contribution in [0.15, 0.2) is 36.4 Å². The van der Waals surface area contributed by atoms with Crippen LogP contribution in [-0.4, -0.2) is 7.11 Å². The molecule has 0 amide bonds. The van der Waals surface area contributed by atoms with E-state index in [9.17, 15) is 8.78 Å². The highest BCUT2D eigenvalue weighted by Crippen LogP contribution is 2.31. The lowest BCUT2D eigenvalue weighted by Gasteiger charge is -2.09. The summed E-state index contributed by atoms with van der Waals surface area (Å²) in [6.45, 7) is 0. The summed E-state index contributed by atoms with van der Waals surface area (Å²) >= 11 is 0. The van der Waals surface area contributed by atoms with E-state index >= 15 is 0 Å². The highest BCUT2D eigenvalue weighted by Gasteiger charge is 2.09. The van der Waals surface area contributed by atoms with Crippen LogP contribution in [-0.2, 0) is 0 Å². The van der Waals surface area contributed by atoms with Crippen LogP contribution in [0.4, 0.5) is 8.78 Å². The Kier molecular flexibility index (Phi) is 3.24. The molecule has 0 spiro atoms. The second-order valence-corrected chi connectivity index (χ2v) is 3.68. The van der Waals surface area contributed by atoms with Crippen molar-refractivity contribution >= 4 is 0 Å². The second kappa shape index (κ2) is 4.84. The van der Waals surface area contributed by atoms with Crippen LogP contribution in [0.1, 0.15) is 5.56 Å². The maximum atomic E-state index is 13.2. The summed E-state index contributed by atoms with van der Waals surface area (Å²) in [5, 5.41) is 8.84. The Labute approximate surface area is 103 Å². The summed E-state index contributed by atoms with van der Waals surface area (Å²) in [4.78, 5) is 0. The summed E-state index contributed by atoms with van der Waals surface area (Å²) in [6.07, 6.45) is 0. The minimum absolute atomic E-state index is 0.335. The molecule has 18 heavy (non-hydrogen) atoms. The third-order valence-electron chi connectivity index (χ3n) is 2.50. The molecule has 0 fully saturated rings. The number of rotatable bonds is 2. The first-order valence-electron chi connectivity index (χ1n) is 5.18. The number of methoxy groups -OCH3 is 1. The van der Waals surface area contributed by atoms with E-state index in [0.29, 0.717) is 22.4 Å². The molecule has 2 nitrogen and oxygen atoms in total. The van der Waals surface area contributed by atoms with Crippen LogP contribution in [0.5, 0.6) is 5.75 Å². The summed E-state index contributed by atoms with van der Waals surface area (Å²) < 4.78 is 31.5. The van der Waals surface area contributed by atoms with E-state index in [-0.39, 0.29) is 0 Å². The molecular weight excluding hydrogens is 236 g/mol. The van der Waals surface area contributed by atoms with Crippen molar-refractivity contribution in [3.8, 4) is 22.9 Å². The number of halogens is 2. The molecule has 2 aromatic rings. The van der Waals surface area contributed by atoms with E-state index in [0.717, 1.165) is 6.07 Å². The van der Waals surface area contributed by atoms with E-state index in [1.807, 2.05) is 6.07 Å². The Bertz CT molecular complexity index is 612. The molecule has 0 N–H and O–H groups in total. The fourth-order valence-electron chi connectivity index (χ4n) is 1.71. The van der Waals surface area contributed by atoms with Gasteiger partial charge in [-0.3, -0.25) is 0 Å². The first-order chi connectivity index (χ1) is 8.63. The fourth-order valence-corrected chi connectivity index (χ4v) is 1.71. The molecule has 0 aliphatic carbocycles.